The van der Waals surface area contributed by atoms with Crippen LogP contribution in [0.5, 0.6) is 0 Å². The molecule has 0 radical (unpaired) electrons. The zero-order valence-corrected chi connectivity index (χ0v) is 11.0. The van der Waals surface area contributed by atoms with Gasteiger partial charge in [0, 0.05) is 13.1 Å². The second-order valence-electron chi connectivity index (χ2n) is 4.52. The molecule has 0 spiro atoms. The van der Waals surface area contributed by atoms with Crippen LogP contribution >= 0.6 is 0 Å². The van der Waals surface area contributed by atoms with E-state index in [9.17, 15) is 0 Å². The van der Waals surface area contributed by atoms with E-state index < -0.39 is 0 Å². The van der Waals surface area contributed by atoms with Crippen molar-refractivity contribution < 1.29 is 0 Å². The van der Waals surface area contributed by atoms with Crippen molar-refractivity contribution in [3.05, 3.63) is 35.4 Å². The molecule has 1 rings (SSSR count). The van der Waals surface area contributed by atoms with Gasteiger partial charge in [-0.15, -0.1) is 0 Å². The predicted molar refractivity (Wildman–Crippen MR) is 70.5 cm³/mol. The Labute approximate surface area is 99.9 Å². The highest BCUT2D eigenvalue weighted by Gasteiger charge is 2.01. The van der Waals surface area contributed by atoms with E-state index in [-0.39, 0.29) is 0 Å². The Morgan fingerprint density at radius 3 is 1.62 bits per heavy atom. The summed E-state index contributed by atoms with van der Waals surface area (Å²) in [6.07, 6.45) is 0. The molecule has 0 amide bonds. The van der Waals surface area contributed by atoms with Crippen molar-refractivity contribution in [1.82, 2.24) is 9.80 Å². The van der Waals surface area contributed by atoms with Crippen LogP contribution in [0.25, 0.3) is 0 Å². The molecule has 90 valence electrons. The van der Waals surface area contributed by atoms with Crippen LogP contribution in [0.4, 0.5) is 0 Å². The molecule has 1 aromatic carbocycles. The molecule has 0 aliphatic carbocycles. The first-order valence-electron chi connectivity index (χ1n) is 6.10. The maximum atomic E-state index is 2.43. The Balaban J connectivity index is 2.57. The fourth-order valence-corrected chi connectivity index (χ4v) is 1.82. The molecular formula is C14H24N2. The van der Waals surface area contributed by atoms with Gasteiger partial charge in [0.05, 0.1) is 0 Å². The highest BCUT2D eigenvalue weighted by molar-refractivity contribution is 5.22. The molecule has 0 aliphatic heterocycles. The van der Waals surface area contributed by atoms with Crippen molar-refractivity contribution in [3.63, 3.8) is 0 Å². The van der Waals surface area contributed by atoms with Gasteiger partial charge in [0.15, 0.2) is 0 Å². The Morgan fingerprint density at radius 2 is 1.25 bits per heavy atom. The molecule has 16 heavy (non-hydrogen) atoms. The van der Waals surface area contributed by atoms with Crippen molar-refractivity contribution >= 4 is 0 Å². The van der Waals surface area contributed by atoms with Crippen LogP contribution < -0.4 is 0 Å². The Hall–Kier alpha value is -0.860. The summed E-state index contributed by atoms with van der Waals surface area (Å²) in [6.45, 7) is 8.75. The molecule has 0 fully saturated rings. The summed E-state index contributed by atoms with van der Waals surface area (Å²) in [5.41, 5.74) is 2.79. The zero-order chi connectivity index (χ0) is 12.0. The van der Waals surface area contributed by atoms with E-state index >= 15 is 0 Å². The molecule has 0 N–H and O–H groups in total. The maximum absolute atomic E-state index is 2.43. The van der Waals surface area contributed by atoms with Crippen molar-refractivity contribution in [1.29, 1.82) is 0 Å². The average molecular weight is 220 g/mol. The Morgan fingerprint density at radius 1 is 0.812 bits per heavy atom. The number of nitrogens with zero attached hydrogens (tertiary/aromatic N) is 2. The van der Waals surface area contributed by atoms with Crippen LogP contribution in [0.15, 0.2) is 24.3 Å². The first kappa shape index (κ1) is 13.2. The van der Waals surface area contributed by atoms with Crippen LogP contribution in [-0.2, 0) is 13.1 Å². The molecule has 0 unspecified atom stereocenters. The fourth-order valence-electron chi connectivity index (χ4n) is 1.82. The largest absolute Gasteiger partial charge is 0.305 e. The van der Waals surface area contributed by atoms with E-state index in [0.29, 0.717) is 0 Å². The Bertz CT molecular complexity index is 286. The minimum absolute atomic E-state index is 1.02. The van der Waals surface area contributed by atoms with Gasteiger partial charge >= 0.3 is 0 Å². The SMILES string of the molecule is CCN(CC)Cc1ccc(CN(C)C)cc1. The number of hydrogen-bond acceptors (Lipinski definition) is 2. The molecule has 0 bridgehead atoms. The van der Waals surface area contributed by atoms with E-state index in [0.717, 1.165) is 26.2 Å². The monoisotopic (exact) mass is 220 g/mol. The quantitative estimate of drug-likeness (QED) is 0.727. The molecule has 0 saturated heterocycles. The topological polar surface area (TPSA) is 6.48 Å². The average Bonchev–Trinajstić information content (AvgIpc) is 2.27. The highest BCUT2D eigenvalue weighted by atomic mass is 15.1. The number of rotatable bonds is 6. The molecule has 2 nitrogen and oxygen atoms in total. The maximum Gasteiger partial charge on any atom is 0.0233 e. The molecule has 0 heterocycles. The van der Waals surface area contributed by atoms with E-state index in [4.69, 9.17) is 0 Å². The smallest absolute Gasteiger partial charge is 0.0233 e. The van der Waals surface area contributed by atoms with Gasteiger partial charge in [-0.1, -0.05) is 38.1 Å². The second kappa shape index (κ2) is 6.66. The van der Waals surface area contributed by atoms with E-state index in [1.54, 1.807) is 0 Å². The fraction of sp³-hybridized carbons (Fsp3) is 0.571. The number of hydrogen-bond donors (Lipinski definition) is 0. The molecule has 1 aromatic rings. The lowest BCUT2D eigenvalue weighted by atomic mass is 10.1. The van der Waals surface area contributed by atoms with Crippen molar-refractivity contribution in [2.75, 3.05) is 27.2 Å². The lowest BCUT2D eigenvalue weighted by Gasteiger charge is -2.18. The van der Waals surface area contributed by atoms with Crippen LogP contribution in [0.1, 0.15) is 25.0 Å². The highest BCUT2D eigenvalue weighted by Crippen LogP contribution is 2.08. The summed E-state index contributed by atoms with van der Waals surface area (Å²) >= 11 is 0. The summed E-state index contributed by atoms with van der Waals surface area (Å²) < 4.78 is 0. The summed E-state index contributed by atoms with van der Waals surface area (Å²) in [4.78, 5) is 4.63. The van der Waals surface area contributed by atoms with Crippen LogP contribution in [0.2, 0.25) is 0 Å². The zero-order valence-electron chi connectivity index (χ0n) is 11.0. The van der Waals surface area contributed by atoms with Crippen LogP contribution in [0.3, 0.4) is 0 Å². The third-order valence-electron chi connectivity index (χ3n) is 2.82. The molecule has 0 saturated carbocycles. The van der Waals surface area contributed by atoms with Gasteiger partial charge in [-0.3, -0.25) is 4.90 Å². The van der Waals surface area contributed by atoms with Gasteiger partial charge in [-0.25, -0.2) is 0 Å². The van der Waals surface area contributed by atoms with Gasteiger partial charge < -0.3 is 4.90 Å². The van der Waals surface area contributed by atoms with E-state index in [1.165, 1.54) is 11.1 Å². The summed E-state index contributed by atoms with van der Waals surface area (Å²) in [7, 11) is 4.20. The first-order valence-corrected chi connectivity index (χ1v) is 6.10. The van der Waals surface area contributed by atoms with Gasteiger partial charge in [0.1, 0.15) is 0 Å². The van der Waals surface area contributed by atoms with Gasteiger partial charge in [0.2, 0.25) is 0 Å². The van der Waals surface area contributed by atoms with Gasteiger partial charge in [-0.2, -0.15) is 0 Å². The van der Waals surface area contributed by atoms with E-state index in [1.807, 2.05) is 0 Å². The third-order valence-corrected chi connectivity index (χ3v) is 2.82. The summed E-state index contributed by atoms with van der Waals surface area (Å²) in [6, 6.07) is 8.96. The summed E-state index contributed by atoms with van der Waals surface area (Å²) in [5.74, 6) is 0. The van der Waals surface area contributed by atoms with Crippen LogP contribution in [0, 0.1) is 0 Å². The van der Waals surface area contributed by atoms with Crippen molar-refractivity contribution in [2.24, 2.45) is 0 Å². The first-order chi connectivity index (χ1) is 7.65. The minimum Gasteiger partial charge on any atom is -0.305 e. The molecule has 0 aromatic heterocycles. The van der Waals surface area contributed by atoms with E-state index in [2.05, 4.69) is 62.0 Å². The van der Waals surface area contributed by atoms with Crippen molar-refractivity contribution in [3.8, 4) is 0 Å². The lowest BCUT2D eigenvalue weighted by molar-refractivity contribution is 0.296. The molecule has 2 heteroatoms. The standard InChI is InChI=1S/C14H24N2/c1-5-16(6-2)12-14-9-7-13(8-10-14)11-15(3)4/h7-10H,5-6,11-12H2,1-4H3. The summed E-state index contributed by atoms with van der Waals surface area (Å²) in [5, 5.41) is 0. The normalized spacial score (nSPS) is 11.4. The van der Waals surface area contributed by atoms with Gasteiger partial charge in [0.25, 0.3) is 0 Å². The minimum atomic E-state index is 1.02. The third kappa shape index (κ3) is 4.33. The lowest BCUT2D eigenvalue weighted by Crippen LogP contribution is -2.22. The predicted octanol–water partition coefficient (Wildman–Crippen LogP) is 2.59. The molecular weight excluding hydrogens is 196 g/mol. The molecule has 0 aliphatic rings. The van der Waals surface area contributed by atoms with Crippen molar-refractivity contribution in [2.45, 2.75) is 26.9 Å². The second-order valence-corrected chi connectivity index (χ2v) is 4.52. The van der Waals surface area contributed by atoms with Crippen LogP contribution in [-0.4, -0.2) is 37.0 Å². The molecule has 0 atom stereocenters. The number of benzene rings is 1. The van der Waals surface area contributed by atoms with Gasteiger partial charge in [-0.05, 0) is 38.3 Å². The Kier molecular flexibility index (Phi) is 5.50.